The number of hydrogen-bond donors (Lipinski definition) is 2. The Labute approximate surface area is 103 Å². The van der Waals surface area contributed by atoms with E-state index in [0.29, 0.717) is 11.8 Å². The first-order valence-corrected chi connectivity index (χ1v) is 7.06. The first-order valence-electron chi connectivity index (χ1n) is 7.06. The maximum absolute atomic E-state index is 4.88. The van der Waals surface area contributed by atoms with Crippen molar-refractivity contribution in [3.05, 3.63) is 17.2 Å². The molecule has 0 radical (unpaired) electrons. The van der Waals surface area contributed by atoms with Crippen molar-refractivity contribution in [3.63, 3.8) is 0 Å². The SMILES string of the molecule is CC(C)c1nc(C2CNC2)[nH]c1C1CCCC1. The Bertz CT molecular complexity index is 384. The Morgan fingerprint density at radius 3 is 2.35 bits per heavy atom. The van der Waals surface area contributed by atoms with Crippen LogP contribution in [0.3, 0.4) is 0 Å². The molecular weight excluding hydrogens is 210 g/mol. The quantitative estimate of drug-likeness (QED) is 0.843. The second kappa shape index (κ2) is 4.45. The van der Waals surface area contributed by atoms with Crippen molar-refractivity contribution >= 4 is 0 Å². The molecule has 0 atom stereocenters. The van der Waals surface area contributed by atoms with Gasteiger partial charge in [0, 0.05) is 30.6 Å². The van der Waals surface area contributed by atoms with Crippen molar-refractivity contribution in [2.24, 2.45) is 0 Å². The molecule has 1 aliphatic heterocycles. The summed E-state index contributed by atoms with van der Waals surface area (Å²) in [5.74, 6) is 3.15. The maximum atomic E-state index is 4.88. The zero-order chi connectivity index (χ0) is 11.8. The fraction of sp³-hybridized carbons (Fsp3) is 0.786. The zero-order valence-corrected chi connectivity index (χ0v) is 10.9. The van der Waals surface area contributed by atoms with E-state index in [1.807, 2.05) is 0 Å². The Kier molecular flexibility index (Phi) is 2.95. The lowest BCUT2D eigenvalue weighted by Gasteiger charge is -2.24. The summed E-state index contributed by atoms with van der Waals surface area (Å²) in [7, 11) is 0. The number of aromatic amines is 1. The second-order valence-corrected chi connectivity index (χ2v) is 5.91. The van der Waals surface area contributed by atoms with Gasteiger partial charge in [-0.3, -0.25) is 0 Å². The summed E-state index contributed by atoms with van der Waals surface area (Å²) >= 11 is 0. The number of H-pyrrole nitrogens is 1. The van der Waals surface area contributed by atoms with Crippen LogP contribution in [0.15, 0.2) is 0 Å². The van der Waals surface area contributed by atoms with Crippen molar-refractivity contribution in [2.45, 2.75) is 57.3 Å². The molecular formula is C14H23N3. The van der Waals surface area contributed by atoms with E-state index in [-0.39, 0.29) is 0 Å². The smallest absolute Gasteiger partial charge is 0.112 e. The van der Waals surface area contributed by atoms with Crippen LogP contribution < -0.4 is 5.32 Å². The van der Waals surface area contributed by atoms with E-state index in [0.717, 1.165) is 19.0 Å². The minimum Gasteiger partial charge on any atom is -0.345 e. The molecule has 1 aromatic rings. The lowest BCUT2D eigenvalue weighted by molar-refractivity contribution is 0.431. The van der Waals surface area contributed by atoms with Crippen molar-refractivity contribution in [3.8, 4) is 0 Å². The Morgan fingerprint density at radius 1 is 1.12 bits per heavy atom. The first kappa shape index (κ1) is 11.3. The first-order chi connectivity index (χ1) is 8.25. The van der Waals surface area contributed by atoms with Gasteiger partial charge in [0.2, 0.25) is 0 Å². The third-order valence-corrected chi connectivity index (χ3v) is 4.26. The van der Waals surface area contributed by atoms with Gasteiger partial charge in [0.25, 0.3) is 0 Å². The molecule has 2 fully saturated rings. The molecule has 1 saturated heterocycles. The molecule has 0 spiro atoms. The van der Waals surface area contributed by atoms with Crippen molar-refractivity contribution in [2.75, 3.05) is 13.1 Å². The predicted molar refractivity (Wildman–Crippen MR) is 69.5 cm³/mol. The van der Waals surface area contributed by atoms with E-state index in [9.17, 15) is 0 Å². The Hall–Kier alpha value is -0.830. The molecule has 2 heterocycles. The van der Waals surface area contributed by atoms with E-state index in [2.05, 4.69) is 24.1 Å². The summed E-state index contributed by atoms with van der Waals surface area (Å²) in [6.45, 7) is 6.71. The lowest BCUT2D eigenvalue weighted by Crippen LogP contribution is -2.40. The predicted octanol–water partition coefficient (Wildman–Crippen LogP) is 2.88. The summed E-state index contributed by atoms with van der Waals surface area (Å²) in [6.07, 6.45) is 5.48. The molecule has 0 bridgehead atoms. The van der Waals surface area contributed by atoms with Crippen LogP contribution in [-0.4, -0.2) is 23.1 Å². The molecule has 3 nitrogen and oxygen atoms in total. The third kappa shape index (κ3) is 2.01. The number of nitrogens with one attached hydrogen (secondary N) is 2. The van der Waals surface area contributed by atoms with Crippen LogP contribution in [0, 0.1) is 0 Å². The molecule has 1 aromatic heterocycles. The normalized spacial score (nSPS) is 22.3. The highest BCUT2D eigenvalue weighted by atomic mass is 15.0. The molecule has 2 aliphatic rings. The van der Waals surface area contributed by atoms with Gasteiger partial charge in [0.05, 0.1) is 5.69 Å². The van der Waals surface area contributed by atoms with Crippen molar-refractivity contribution in [1.82, 2.24) is 15.3 Å². The largest absolute Gasteiger partial charge is 0.345 e. The standard InChI is InChI=1S/C14H23N3/c1-9(2)12-13(10-5-3-4-6-10)17-14(16-12)11-7-15-8-11/h9-11,15H,3-8H2,1-2H3,(H,16,17). The number of hydrogen-bond acceptors (Lipinski definition) is 2. The van der Waals surface area contributed by atoms with Crippen molar-refractivity contribution < 1.29 is 0 Å². The van der Waals surface area contributed by atoms with E-state index >= 15 is 0 Å². The molecule has 0 amide bonds. The van der Waals surface area contributed by atoms with Gasteiger partial charge in [-0.1, -0.05) is 26.7 Å². The summed E-state index contributed by atoms with van der Waals surface area (Å²) in [4.78, 5) is 8.54. The molecule has 1 aliphatic carbocycles. The van der Waals surface area contributed by atoms with Crippen LogP contribution in [0.2, 0.25) is 0 Å². The highest BCUT2D eigenvalue weighted by molar-refractivity contribution is 5.25. The van der Waals surface area contributed by atoms with Gasteiger partial charge in [-0.2, -0.15) is 0 Å². The van der Waals surface area contributed by atoms with Crippen molar-refractivity contribution in [1.29, 1.82) is 0 Å². The number of nitrogens with zero attached hydrogens (tertiary/aromatic N) is 1. The minimum absolute atomic E-state index is 0.545. The zero-order valence-electron chi connectivity index (χ0n) is 10.9. The summed E-state index contributed by atoms with van der Waals surface area (Å²) < 4.78 is 0. The Morgan fingerprint density at radius 2 is 1.82 bits per heavy atom. The fourth-order valence-electron chi connectivity index (χ4n) is 3.06. The highest BCUT2D eigenvalue weighted by Gasteiger charge is 2.28. The van der Waals surface area contributed by atoms with E-state index in [4.69, 9.17) is 4.98 Å². The molecule has 2 N–H and O–H groups in total. The molecule has 0 unspecified atom stereocenters. The summed E-state index contributed by atoms with van der Waals surface area (Å²) in [5.41, 5.74) is 2.79. The lowest BCUT2D eigenvalue weighted by atomic mass is 9.97. The fourth-order valence-corrected chi connectivity index (χ4v) is 3.06. The van der Waals surface area contributed by atoms with Crippen LogP contribution >= 0.6 is 0 Å². The topological polar surface area (TPSA) is 40.7 Å². The monoisotopic (exact) mass is 233 g/mol. The van der Waals surface area contributed by atoms with Crippen LogP contribution in [-0.2, 0) is 0 Å². The second-order valence-electron chi connectivity index (χ2n) is 5.91. The molecule has 94 valence electrons. The van der Waals surface area contributed by atoms with Crippen LogP contribution in [0.4, 0.5) is 0 Å². The molecule has 3 rings (SSSR count). The van der Waals surface area contributed by atoms with E-state index in [1.165, 1.54) is 42.9 Å². The average molecular weight is 233 g/mol. The number of aromatic nitrogens is 2. The number of imidazole rings is 1. The molecule has 3 heteroatoms. The van der Waals surface area contributed by atoms with Gasteiger partial charge in [0.15, 0.2) is 0 Å². The van der Waals surface area contributed by atoms with E-state index < -0.39 is 0 Å². The minimum atomic E-state index is 0.545. The van der Waals surface area contributed by atoms with Crippen LogP contribution in [0.5, 0.6) is 0 Å². The summed E-state index contributed by atoms with van der Waals surface area (Å²) in [6, 6.07) is 0. The highest BCUT2D eigenvalue weighted by Crippen LogP contribution is 2.37. The Balaban J connectivity index is 1.90. The van der Waals surface area contributed by atoms with Gasteiger partial charge < -0.3 is 10.3 Å². The van der Waals surface area contributed by atoms with Crippen LogP contribution in [0.25, 0.3) is 0 Å². The summed E-state index contributed by atoms with van der Waals surface area (Å²) in [5, 5.41) is 3.33. The maximum Gasteiger partial charge on any atom is 0.112 e. The van der Waals surface area contributed by atoms with Gasteiger partial charge in [-0.15, -0.1) is 0 Å². The molecule has 0 aromatic carbocycles. The van der Waals surface area contributed by atoms with Gasteiger partial charge in [0.1, 0.15) is 5.82 Å². The molecule has 17 heavy (non-hydrogen) atoms. The van der Waals surface area contributed by atoms with Gasteiger partial charge in [-0.05, 0) is 18.8 Å². The molecule has 1 saturated carbocycles. The van der Waals surface area contributed by atoms with Crippen LogP contribution in [0.1, 0.15) is 74.5 Å². The average Bonchev–Trinajstić information content (AvgIpc) is 2.79. The number of rotatable bonds is 3. The van der Waals surface area contributed by atoms with Gasteiger partial charge >= 0.3 is 0 Å². The van der Waals surface area contributed by atoms with Gasteiger partial charge in [-0.25, -0.2) is 4.98 Å². The van der Waals surface area contributed by atoms with E-state index in [1.54, 1.807) is 0 Å². The third-order valence-electron chi connectivity index (χ3n) is 4.26.